The first-order chi connectivity index (χ1) is 12.2. The number of hydrogen-bond donors (Lipinski definition) is 1. The summed E-state index contributed by atoms with van der Waals surface area (Å²) >= 11 is 0. The van der Waals surface area contributed by atoms with Crippen molar-refractivity contribution < 1.29 is 13.2 Å². The molecule has 0 bridgehead atoms. The molecule has 0 aliphatic carbocycles. The van der Waals surface area contributed by atoms with Crippen LogP contribution in [0.2, 0.25) is 0 Å². The van der Waals surface area contributed by atoms with E-state index in [9.17, 15) is 13.2 Å². The van der Waals surface area contributed by atoms with Crippen LogP contribution in [0.15, 0.2) is 42.5 Å². The van der Waals surface area contributed by atoms with Crippen LogP contribution in [0.1, 0.15) is 17.0 Å². The highest BCUT2D eigenvalue weighted by atomic mass is 32.2. The van der Waals surface area contributed by atoms with E-state index in [0.717, 1.165) is 22.9 Å². The Morgan fingerprint density at radius 1 is 1.12 bits per heavy atom. The predicted molar refractivity (Wildman–Crippen MR) is 103 cm³/mol. The van der Waals surface area contributed by atoms with E-state index in [-0.39, 0.29) is 18.2 Å². The van der Waals surface area contributed by atoms with Gasteiger partial charge in [0.15, 0.2) is 9.84 Å². The highest BCUT2D eigenvalue weighted by Crippen LogP contribution is 2.19. The lowest BCUT2D eigenvalue weighted by molar-refractivity contribution is -0.116. The number of rotatable bonds is 5. The molecule has 0 spiro atoms. The quantitative estimate of drug-likeness (QED) is 0.748. The first-order valence-corrected chi connectivity index (χ1v) is 10.3. The minimum Gasteiger partial charge on any atom is -0.325 e. The number of amides is 1. The first-order valence-electron chi connectivity index (χ1n) is 8.22. The van der Waals surface area contributed by atoms with Crippen LogP contribution in [0.25, 0.3) is 11.0 Å². The summed E-state index contributed by atoms with van der Waals surface area (Å²) in [4.78, 5) is 16.9. The average Bonchev–Trinajstić information content (AvgIpc) is 2.86. The fourth-order valence-corrected chi connectivity index (χ4v) is 3.50. The van der Waals surface area contributed by atoms with Crippen LogP contribution in [0.4, 0.5) is 5.69 Å². The lowest BCUT2D eigenvalue weighted by Crippen LogP contribution is -2.21. The van der Waals surface area contributed by atoms with E-state index >= 15 is 0 Å². The molecule has 0 aliphatic heterocycles. The number of sulfone groups is 1. The van der Waals surface area contributed by atoms with E-state index in [1.807, 2.05) is 50.2 Å². The Kier molecular flexibility index (Phi) is 4.82. The predicted octanol–water partition coefficient (Wildman–Crippen LogP) is 2.84. The molecule has 3 rings (SSSR count). The largest absolute Gasteiger partial charge is 0.325 e. The van der Waals surface area contributed by atoms with E-state index < -0.39 is 9.84 Å². The van der Waals surface area contributed by atoms with Gasteiger partial charge in [0.25, 0.3) is 0 Å². The van der Waals surface area contributed by atoms with Gasteiger partial charge in [0.1, 0.15) is 18.1 Å². The molecule has 0 unspecified atom stereocenters. The first kappa shape index (κ1) is 18.1. The Hall–Kier alpha value is -2.67. The molecule has 7 heteroatoms. The zero-order chi connectivity index (χ0) is 18.9. The van der Waals surface area contributed by atoms with Gasteiger partial charge in [-0.25, -0.2) is 13.4 Å². The fourth-order valence-electron chi connectivity index (χ4n) is 2.81. The maximum Gasteiger partial charge on any atom is 0.244 e. The van der Waals surface area contributed by atoms with E-state index in [2.05, 4.69) is 10.3 Å². The Bertz CT molecular complexity index is 1080. The number of aromatic nitrogens is 2. The molecule has 2 aromatic carbocycles. The van der Waals surface area contributed by atoms with Crippen molar-refractivity contribution in [3.63, 3.8) is 0 Å². The SMILES string of the molecule is Cc1ccc(NC(=O)Cn2c(CS(C)(=O)=O)nc3ccccc32)cc1C. The second kappa shape index (κ2) is 6.92. The minimum absolute atomic E-state index is 0.00170. The number of anilines is 1. The van der Waals surface area contributed by atoms with Crippen LogP contribution >= 0.6 is 0 Å². The highest BCUT2D eigenvalue weighted by molar-refractivity contribution is 7.89. The second-order valence-corrected chi connectivity index (χ2v) is 8.66. The van der Waals surface area contributed by atoms with Crippen molar-refractivity contribution in [2.24, 2.45) is 0 Å². The van der Waals surface area contributed by atoms with Gasteiger partial charge >= 0.3 is 0 Å². The van der Waals surface area contributed by atoms with Gasteiger partial charge in [0.05, 0.1) is 11.0 Å². The standard InChI is InChI=1S/C19H21N3O3S/c1-13-8-9-15(10-14(13)2)20-19(23)11-22-17-7-5-4-6-16(17)21-18(22)12-26(3,24)25/h4-10H,11-12H2,1-3H3,(H,20,23). The number of imidazole rings is 1. The van der Waals surface area contributed by atoms with Gasteiger partial charge in [-0.15, -0.1) is 0 Å². The number of nitrogens with zero attached hydrogens (tertiary/aromatic N) is 2. The molecule has 1 heterocycles. The van der Waals surface area contributed by atoms with Crippen molar-refractivity contribution in [1.82, 2.24) is 9.55 Å². The molecule has 1 N–H and O–H groups in total. The van der Waals surface area contributed by atoms with Crippen molar-refractivity contribution in [3.05, 3.63) is 59.4 Å². The third-order valence-electron chi connectivity index (χ3n) is 4.22. The molecule has 3 aromatic rings. The molecule has 0 saturated heterocycles. The third-order valence-corrected chi connectivity index (χ3v) is 5.00. The van der Waals surface area contributed by atoms with Crippen LogP contribution < -0.4 is 5.32 Å². The van der Waals surface area contributed by atoms with Crippen molar-refractivity contribution in [2.45, 2.75) is 26.1 Å². The summed E-state index contributed by atoms with van der Waals surface area (Å²) in [5, 5.41) is 2.87. The van der Waals surface area contributed by atoms with E-state index in [0.29, 0.717) is 17.0 Å². The molecule has 0 radical (unpaired) electrons. The molecule has 6 nitrogen and oxygen atoms in total. The number of para-hydroxylation sites is 2. The number of carbonyl (C=O) groups is 1. The van der Waals surface area contributed by atoms with Crippen molar-refractivity contribution in [2.75, 3.05) is 11.6 Å². The fraction of sp³-hybridized carbons (Fsp3) is 0.263. The molecule has 0 atom stereocenters. The molecule has 0 fully saturated rings. The summed E-state index contributed by atoms with van der Waals surface area (Å²) in [6, 6.07) is 13.0. The molecular formula is C19H21N3O3S. The molecule has 1 amide bonds. The summed E-state index contributed by atoms with van der Waals surface area (Å²) < 4.78 is 25.1. The normalized spacial score (nSPS) is 11.7. The van der Waals surface area contributed by atoms with Crippen LogP contribution in [0.5, 0.6) is 0 Å². The van der Waals surface area contributed by atoms with Crippen molar-refractivity contribution in [3.8, 4) is 0 Å². The van der Waals surface area contributed by atoms with Crippen molar-refractivity contribution >= 4 is 32.5 Å². The summed E-state index contributed by atoms with van der Waals surface area (Å²) in [5.41, 5.74) is 4.37. The Morgan fingerprint density at radius 2 is 1.85 bits per heavy atom. The maximum absolute atomic E-state index is 12.5. The third kappa shape index (κ3) is 4.11. The number of aryl methyl sites for hydroxylation is 2. The number of hydrogen-bond acceptors (Lipinski definition) is 4. The summed E-state index contributed by atoms with van der Waals surface area (Å²) in [5.74, 6) is -0.0754. The molecule has 0 saturated carbocycles. The molecular weight excluding hydrogens is 350 g/mol. The smallest absolute Gasteiger partial charge is 0.244 e. The lowest BCUT2D eigenvalue weighted by Gasteiger charge is -2.11. The summed E-state index contributed by atoms with van der Waals surface area (Å²) in [6.07, 6.45) is 1.16. The van der Waals surface area contributed by atoms with Crippen LogP contribution in [-0.4, -0.2) is 30.1 Å². The molecule has 0 aliphatic rings. The molecule has 26 heavy (non-hydrogen) atoms. The van der Waals surface area contributed by atoms with Crippen LogP contribution in [-0.2, 0) is 26.9 Å². The summed E-state index contributed by atoms with van der Waals surface area (Å²) in [7, 11) is -3.27. The second-order valence-electron chi connectivity index (χ2n) is 6.52. The van der Waals surface area contributed by atoms with Gasteiger partial charge in [0, 0.05) is 11.9 Å². The van der Waals surface area contributed by atoms with Gasteiger partial charge in [-0.05, 0) is 49.2 Å². The number of fused-ring (bicyclic) bond motifs is 1. The zero-order valence-electron chi connectivity index (χ0n) is 15.0. The minimum atomic E-state index is -3.27. The van der Waals surface area contributed by atoms with Gasteiger partial charge in [-0.1, -0.05) is 18.2 Å². The number of nitrogens with one attached hydrogen (secondary N) is 1. The Balaban J connectivity index is 1.90. The number of benzene rings is 2. The topological polar surface area (TPSA) is 81.1 Å². The van der Waals surface area contributed by atoms with E-state index in [1.54, 1.807) is 10.6 Å². The molecule has 1 aromatic heterocycles. The van der Waals surface area contributed by atoms with Gasteiger partial charge in [-0.3, -0.25) is 4.79 Å². The van der Waals surface area contributed by atoms with Gasteiger partial charge in [0.2, 0.25) is 5.91 Å². The van der Waals surface area contributed by atoms with Gasteiger partial charge < -0.3 is 9.88 Å². The van der Waals surface area contributed by atoms with Crippen LogP contribution in [0.3, 0.4) is 0 Å². The summed E-state index contributed by atoms with van der Waals surface area (Å²) in [6.45, 7) is 3.99. The highest BCUT2D eigenvalue weighted by Gasteiger charge is 2.17. The molecule has 136 valence electrons. The van der Waals surface area contributed by atoms with Crippen molar-refractivity contribution in [1.29, 1.82) is 0 Å². The number of carbonyl (C=O) groups excluding carboxylic acids is 1. The van der Waals surface area contributed by atoms with E-state index in [4.69, 9.17) is 0 Å². The zero-order valence-corrected chi connectivity index (χ0v) is 15.8. The Labute approximate surface area is 152 Å². The van der Waals surface area contributed by atoms with E-state index in [1.165, 1.54) is 0 Å². The maximum atomic E-state index is 12.5. The average molecular weight is 371 g/mol. The monoisotopic (exact) mass is 371 g/mol. The lowest BCUT2D eigenvalue weighted by atomic mass is 10.1. The Morgan fingerprint density at radius 3 is 2.54 bits per heavy atom. The van der Waals surface area contributed by atoms with Crippen LogP contribution in [0, 0.1) is 13.8 Å². The van der Waals surface area contributed by atoms with Gasteiger partial charge in [-0.2, -0.15) is 0 Å².